The summed E-state index contributed by atoms with van der Waals surface area (Å²) in [6, 6.07) is 44.9. The minimum Gasteiger partial charge on any atom is -0.0617 e. The summed E-state index contributed by atoms with van der Waals surface area (Å²) in [5, 5.41) is 10.8. The second-order valence-electron chi connectivity index (χ2n) is 22.7. The molecule has 0 bridgehead atoms. The van der Waals surface area contributed by atoms with Crippen molar-refractivity contribution in [3.63, 3.8) is 0 Å². The summed E-state index contributed by atoms with van der Waals surface area (Å²) in [6.45, 7) is 37.8. The third-order valence-corrected chi connectivity index (χ3v) is 16.1. The second kappa shape index (κ2) is 19.5. The lowest BCUT2D eigenvalue weighted by molar-refractivity contribution is 0.807. The van der Waals surface area contributed by atoms with Gasteiger partial charge in [0.05, 0.1) is 0 Å². The van der Waals surface area contributed by atoms with Gasteiger partial charge in [-0.05, 0) is 253 Å². The van der Waals surface area contributed by atoms with Crippen molar-refractivity contribution < 1.29 is 0 Å². The molecule has 0 heterocycles. The number of benzene rings is 9. The Balaban J connectivity index is 1.55. The fourth-order valence-corrected chi connectivity index (χ4v) is 12.3. The van der Waals surface area contributed by atoms with Gasteiger partial charge in [0.1, 0.15) is 0 Å². The lowest BCUT2D eigenvalue weighted by atomic mass is 9.78. The van der Waals surface area contributed by atoms with Gasteiger partial charge in [-0.1, -0.05) is 171 Å². The predicted molar refractivity (Wildman–Crippen MR) is 311 cm³/mol. The highest BCUT2D eigenvalue weighted by Gasteiger charge is 2.26. The lowest BCUT2D eigenvalue weighted by Crippen LogP contribution is -2.04. The smallest absolute Gasteiger partial charge is 0.00255 e. The SMILES string of the molecule is CCc1cccc(CC)c1-c1cc2cc(-c3c(C(C)C)cc(C(C)C)cc3C(C)C)cc3c4cc(-c5c(CC)cccc5CC)cc5cc(-c6c(C(C)C)cc(C(C)C)cc6C(C)C)cc(c(c1)c23)c54. The van der Waals surface area contributed by atoms with E-state index in [4.69, 9.17) is 0 Å². The van der Waals surface area contributed by atoms with Crippen LogP contribution in [0.25, 0.3) is 87.6 Å². The summed E-state index contributed by atoms with van der Waals surface area (Å²) in [7, 11) is 0. The Morgan fingerprint density at radius 1 is 0.286 bits per heavy atom. The Hall–Kier alpha value is -5.72. The highest BCUT2D eigenvalue weighted by Crippen LogP contribution is 2.50. The van der Waals surface area contributed by atoms with Gasteiger partial charge >= 0.3 is 0 Å². The Bertz CT molecular complexity index is 3080. The molecule has 0 atom stereocenters. The molecule has 0 aliphatic carbocycles. The zero-order chi connectivity index (χ0) is 50.0. The molecule has 0 fully saturated rings. The van der Waals surface area contributed by atoms with Crippen LogP contribution in [0, 0.1) is 0 Å². The standard InChI is InChI=1S/C70H80/c1-17-45-23-21-24-46(18-2)65(45)53-27-51-29-55(67-57(41(9)10)31-49(39(5)6)32-58(67)42(11)12)38-64-62-36-54(66-47(19-3)25-22-26-48(66)20-4)28-52-30-56(37-63(70(52)62)61(35-53)69(51)64)68-59(43(13)14)33-50(40(7)8)34-60(68)44(15)16/h21-44H,17-20H2,1-16H3. The largest absolute Gasteiger partial charge is 0.0617 e. The van der Waals surface area contributed by atoms with Gasteiger partial charge in [-0.2, -0.15) is 0 Å². The Labute approximate surface area is 422 Å². The van der Waals surface area contributed by atoms with Crippen LogP contribution in [-0.4, -0.2) is 0 Å². The molecule has 0 nitrogen and oxygen atoms in total. The van der Waals surface area contributed by atoms with E-state index in [1.54, 1.807) is 0 Å². The van der Waals surface area contributed by atoms with Gasteiger partial charge < -0.3 is 0 Å². The Morgan fingerprint density at radius 3 is 0.743 bits per heavy atom. The van der Waals surface area contributed by atoms with Crippen molar-refractivity contribution in [1.82, 2.24) is 0 Å². The van der Waals surface area contributed by atoms with Crippen LogP contribution in [0.1, 0.15) is 202 Å². The number of aryl methyl sites for hydroxylation is 4. The van der Waals surface area contributed by atoms with Crippen molar-refractivity contribution in [2.75, 3.05) is 0 Å². The molecule has 360 valence electrons. The van der Waals surface area contributed by atoms with Crippen molar-refractivity contribution in [2.24, 2.45) is 0 Å². The van der Waals surface area contributed by atoms with E-state index >= 15 is 0 Å². The molecule has 70 heavy (non-hydrogen) atoms. The van der Waals surface area contributed by atoms with Crippen LogP contribution in [-0.2, 0) is 25.7 Å². The zero-order valence-electron chi connectivity index (χ0n) is 45.7. The van der Waals surface area contributed by atoms with Crippen LogP contribution in [0.3, 0.4) is 0 Å². The highest BCUT2D eigenvalue weighted by atomic mass is 14.3. The molecule has 9 rings (SSSR count). The fourth-order valence-electron chi connectivity index (χ4n) is 12.3. The van der Waals surface area contributed by atoms with Gasteiger partial charge in [0, 0.05) is 0 Å². The van der Waals surface area contributed by atoms with Gasteiger partial charge in [-0.25, -0.2) is 0 Å². The molecule has 0 saturated carbocycles. The van der Waals surface area contributed by atoms with Crippen molar-refractivity contribution in [2.45, 2.75) is 172 Å². The van der Waals surface area contributed by atoms with E-state index in [1.165, 1.54) is 143 Å². The van der Waals surface area contributed by atoms with Crippen LogP contribution >= 0.6 is 0 Å². The maximum atomic E-state index is 2.62. The number of hydrogen-bond donors (Lipinski definition) is 0. The molecule has 0 aliphatic rings. The van der Waals surface area contributed by atoms with E-state index in [-0.39, 0.29) is 0 Å². The average molecular weight is 921 g/mol. The number of fused-ring (bicyclic) bond motifs is 2. The molecule has 0 amide bonds. The van der Waals surface area contributed by atoms with Gasteiger partial charge in [0.25, 0.3) is 0 Å². The van der Waals surface area contributed by atoms with Crippen molar-refractivity contribution >= 4 is 43.1 Å². The molecule has 0 N–H and O–H groups in total. The molecule has 0 spiro atoms. The molecule has 9 aromatic rings. The van der Waals surface area contributed by atoms with E-state index in [2.05, 4.69) is 220 Å². The summed E-state index contributed by atoms with van der Waals surface area (Å²) in [5.74, 6) is 2.40. The van der Waals surface area contributed by atoms with Crippen LogP contribution in [0.4, 0.5) is 0 Å². The van der Waals surface area contributed by atoms with Crippen molar-refractivity contribution in [3.05, 3.63) is 165 Å². The van der Waals surface area contributed by atoms with Crippen LogP contribution in [0.15, 0.2) is 109 Å². The van der Waals surface area contributed by atoms with Gasteiger partial charge in [0.2, 0.25) is 0 Å². The summed E-state index contributed by atoms with van der Waals surface area (Å²) in [5.41, 5.74) is 25.4. The second-order valence-corrected chi connectivity index (χ2v) is 22.7. The maximum Gasteiger partial charge on any atom is -0.00255 e. The first-order chi connectivity index (χ1) is 33.5. The molecule has 9 aromatic carbocycles. The van der Waals surface area contributed by atoms with Crippen LogP contribution in [0.2, 0.25) is 0 Å². The topological polar surface area (TPSA) is 0 Å². The maximum absolute atomic E-state index is 2.62. The molecule has 0 aromatic heterocycles. The van der Waals surface area contributed by atoms with Gasteiger partial charge in [-0.15, -0.1) is 0 Å². The van der Waals surface area contributed by atoms with E-state index < -0.39 is 0 Å². The third-order valence-electron chi connectivity index (χ3n) is 16.1. The molecule has 0 aliphatic heterocycles. The summed E-state index contributed by atoms with van der Waals surface area (Å²) < 4.78 is 0. The lowest BCUT2D eigenvalue weighted by Gasteiger charge is -2.26. The molecule has 0 saturated heterocycles. The minimum atomic E-state index is 0.372. The summed E-state index contributed by atoms with van der Waals surface area (Å²) >= 11 is 0. The number of hydrogen-bond acceptors (Lipinski definition) is 0. The first-order valence-electron chi connectivity index (χ1n) is 27.3. The van der Waals surface area contributed by atoms with Crippen molar-refractivity contribution in [3.8, 4) is 44.5 Å². The molecular formula is C70H80. The molecule has 0 unspecified atom stereocenters. The van der Waals surface area contributed by atoms with E-state index in [0.717, 1.165) is 25.7 Å². The van der Waals surface area contributed by atoms with E-state index in [9.17, 15) is 0 Å². The Morgan fingerprint density at radius 2 is 0.529 bits per heavy atom. The molecule has 0 heteroatoms. The normalized spacial score (nSPS) is 12.4. The van der Waals surface area contributed by atoms with Gasteiger partial charge in [0.15, 0.2) is 0 Å². The fraction of sp³-hybridized carbons (Fsp3) is 0.371. The van der Waals surface area contributed by atoms with Crippen LogP contribution < -0.4 is 0 Å². The first-order valence-corrected chi connectivity index (χ1v) is 27.3. The van der Waals surface area contributed by atoms with Gasteiger partial charge in [-0.3, -0.25) is 0 Å². The highest BCUT2D eigenvalue weighted by molar-refractivity contribution is 6.35. The zero-order valence-corrected chi connectivity index (χ0v) is 45.7. The third kappa shape index (κ3) is 8.46. The summed E-state index contributed by atoms with van der Waals surface area (Å²) in [4.78, 5) is 0. The van der Waals surface area contributed by atoms with Crippen LogP contribution in [0.5, 0.6) is 0 Å². The quantitative estimate of drug-likeness (QED) is 0.0753. The minimum absolute atomic E-state index is 0.372. The number of rotatable bonds is 14. The first kappa shape index (κ1) is 49.3. The predicted octanol–water partition coefficient (Wildman–Crippen LogP) is 21.4. The molecular weight excluding hydrogens is 841 g/mol. The monoisotopic (exact) mass is 921 g/mol. The van der Waals surface area contributed by atoms with E-state index in [0.29, 0.717) is 35.5 Å². The van der Waals surface area contributed by atoms with Crippen molar-refractivity contribution in [1.29, 1.82) is 0 Å². The molecule has 0 radical (unpaired) electrons. The average Bonchev–Trinajstić information content (AvgIpc) is 3.35. The summed E-state index contributed by atoms with van der Waals surface area (Å²) in [6.07, 6.45) is 3.97. The Kier molecular flexibility index (Phi) is 13.7. The van der Waals surface area contributed by atoms with E-state index in [1.807, 2.05) is 0 Å².